The van der Waals surface area contributed by atoms with E-state index in [2.05, 4.69) is 34.2 Å². The maximum atomic E-state index is 5.51. The summed E-state index contributed by atoms with van der Waals surface area (Å²) in [5, 5.41) is 8.02. The molecule has 1 fully saturated rings. The molecule has 2 aromatic rings. The Morgan fingerprint density at radius 1 is 1.24 bits per heavy atom. The highest BCUT2D eigenvalue weighted by molar-refractivity contribution is 5.41. The normalized spacial score (nSPS) is 14.4. The van der Waals surface area contributed by atoms with Crippen molar-refractivity contribution in [3.8, 4) is 11.4 Å². The zero-order chi connectivity index (χ0) is 14.7. The molecule has 4 heteroatoms. The molecule has 0 saturated heterocycles. The summed E-state index contributed by atoms with van der Waals surface area (Å²) in [5.41, 5.74) is 3.82. The highest BCUT2D eigenvalue weighted by Crippen LogP contribution is 2.42. The van der Waals surface area contributed by atoms with E-state index in [1.807, 2.05) is 25.3 Å². The standard InChI is InChI=1S/C17H23N3O/c1-3-18-11-14-12-19-20(17(14)13-5-6-13)15-7-9-16(10-8-15)21-4-2/h7-10,12-13,18H,3-6,11H2,1-2H3. The average Bonchev–Trinajstić information content (AvgIpc) is 3.26. The summed E-state index contributed by atoms with van der Waals surface area (Å²) in [5.74, 6) is 1.59. The molecule has 1 aliphatic carbocycles. The molecule has 1 aromatic heterocycles. The Morgan fingerprint density at radius 3 is 2.62 bits per heavy atom. The summed E-state index contributed by atoms with van der Waals surface area (Å²) in [4.78, 5) is 0. The van der Waals surface area contributed by atoms with E-state index in [1.54, 1.807) is 0 Å². The van der Waals surface area contributed by atoms with Crippen LogP contribution in [-0.2, 0) is 6.54 Å². The van der Waals surface area contributed by atoms with Crippen LogP contribution in [0.15, 0.2) is 30.5 Å². The van der Waals surface area contributed by atoms with Gasteiger partial charge in [-0.15, -0.1) is 0 Å². The monoisotopic (exact) mass is 285 g/mol. The smallest absolute Gasteiger partial charge is 0.119 e. The lowest BCUT2D eigenvalue weighted by Crippen LogP contribution is -2.13. The third kappa shape index (κ3) is 3.10. The van der Waals surface area contributed by atoms with E-state index in [4.69, 9.17) is 4.74 Å². The Hall–Kier alpha value is -1.81. The van der Waals surface area contributed by atoms with Crippen LogP contribution < -0.4 is 10.1 Å². The van der Waals surface area contributed by atoms with Crippen molar-refractivity contribution in [2.24, 2.45) is 0 Å². The average molecular weight is 285 g/mol. The van der Waals surface area contributed by atoms with Crippen molar-refractivity contribution in [3.05, 3.63) is 41.7 Å². The minimum atomic E-state index is 0.674. The van der Waals surface area contributed by atoms with Crippen LogP contribution in [0.5, 0.6) is 5.75 Å². The third-order valence-electron chi connectivity index (χ3n) is 3.81. The number of hydrogen-bond acceptors (Lipinski definition) is 3. The molecule has 0 radical (unpaired) electrons. The molecule has 1 aliphatic rings. The molecule has 0 unspecified atom stereocenters. The molecule has 0 amide bonds. The SMILES string of the molecule is CCNCc1cnn(-c2ccc(OCC)cc2)c1C1CC1. The molecule has 1 aromatic carbocycles. The lowest BCUT2D eigenvalue weighted by Gasteiger charge is -2.10. The van der Waals surface area contributed by atoms with Crippen molar-refractivity contribution in [3.63, 3.8) is 0 Å². The molecule has 0 aliphatic heterocycles. The second-order valence-corrected chi connectivity index (χ2v) is 5.45. The second-order valence-electron chi connectivity index (χ2n) is 5.45. The van der Waals surface area contributed by atoms with Crippen molar-refractivity contribution in [2.75, 3.05) is 13.2 Å². The summed E-state index contributed by atoms with van der Waals surface area (Å²) in [6, 6.07) is 8.20. The maximum Gasteiger partial charge on any atom is 0.119 e. The molecule has 1 heterocycles. The molecular formula is C17H23N3O. The van der Waals surface area contributed by atoms with E-state index < -0.39 is 0 Å². The van der Waals surface area contributed by atoms with Gasteiger partial charge in [0.2, 0.25) is 0 Å². The molecule has 4 nitrogen and oxygen atoms in total. The number of nitrogens with zero attached hydrogens (tertiary/aromatic N) is 2. The predicted molar refractivity (Wildman–Crippen MR) is 84.1 cm³/mol. The highest BCUT2D eigenvalue weighted by atomic mass is 16.5. The van der Waals surface area contributed by atoms with Gasteiger partial charge in [0.1, 0.15) is 5.75 Å². The Kier molecular flexibility index (Phi) is 4.25. The van der Waals surface area contributed by atoms with Crippen LogP contribution in [0.3, 0.4) is 0 Å². The van der Waals surface area contributed by atoms with E-state index in [9.17, 15) is 0 Å². The van der Waals surface area contributed by atoms with Crippen molar-refractivity contribution >= 4 is 0 Å². The molecule has 0 bridgehead atoms. The number of ether oxygens (including phenoxy) is 1. The molecule has 1 N–H and O–H groups in total. The Balaban J connectivity index is 1.88. The van der Waals surface area contributed by atoms with Crippen LogP contribution in [0, 0.1) is 0 Å². The maximum absolute atomic E-state index is 5.51. The summed E-state index contributed by atoms with van der Waals surface area (Å²) in [6.45, 7) is 6.71. The van der Waals surface area contributed by atoms with E-state index in [-0.39, 0.29) is 0 Å². The van der Waals surface area contributed by atoms with Crippen LogP contribution in [0.25, 0.3) is 5.69 Å². The van der Waals surface area contributed by atoms with Gasteiger partial charge in [-0.05, 0) is 50.6 Å². The van der Waals surface area contributed by atoms with Crippen LogP contribution in [0.2, 0.25) is 0 Å². The van der Waals surface area contributed by atoms with Gasteiger partial charge in [-0.25, -0.2) is 4.68 Å². The minimum Gasteiger partial charge on any atom is -0.494 e. The minimum absolute atomic E-state index is 0.674. The first kappa shape index (κ1) is 14.1. The molecule has 1 saturated carbocycles. The fourth-order valence-corrected chi connectivity index (χ4v) is 2.64. The van der Waals surface area contributed by atoms with Gasteiger partial charge in [0.15, 0.2) is 0 Å². The topological polar surface area (TPSA) is 39.1 Å². The first-order chi connectivity index (χ1) is 10.3. The molecular weight excluding hydrogens is 262 g/mol. The van der Waals surface area contributed by atoms with Gasteiger partial charge in [-0.1, -0.05) is 6.92 Å². The van der Waals surface area contributed by atoms with E-state index in [0.717, 1.165) is 24.5 Å². The van der Waals surface area contributed by atoms with Gasteiger partial charge < -0.3 is 10.1 Å². The summed E-state index contributed by atoms with van der Waals surface area (Å²) in [6.07, 6.45) is 4.57. The highest BCUT2D eigenvalue weighted by Gasteiger charge is 2.30. The Bertz CT molecular complexity index is 585. The van der Waals surface area contributed by atoms with Gasteiger partial charge in [0, 0.05) is 18.0 Å². The molecule has 21 heavy (non-hydrogen) atoms. The van der Waals surface area contributed by atoms with Crippen molar-refractivity contribution in [1.82, 2.24) is 15.1 Å². The number of nitrogens with one attached hydrogen (secondary N) is 1. The molecule has 0 spiro atoms. The predicted octanol–water partition coefficient (Wildman–Crippen LogP) is 3.26. The van der Waals surface area contributed by atoms with Crippen LogP contribution in [0.4, 0.5) is 0 Å². The number of hydrogen-bond donors (Lipinski definition) is 1. The third-order valence-corrected chi connectivity index (χ3v) is 3.81. The lowest BCUT2D eigenvalue weighted by molar-refractivity contribution is 0.340. The fourth-order valence-electron chi connectivity index (χ4n) is 2.64. The Labute approximate surface area is 126 Å². The lowest BCUT2D eigenvalue weighted by atomic mass is 10.1. The first-order valence-corrected chi connectivity index (χ1v) is 7.84. The van der Waals surface area contributed by atoms with Crippen LogP contribution >= 0.6 is 0 Å². The van der Waals surface area contributed by atoms with E-state index in [0.29, 0.717) is 12.5 Å². The molecule has 0 atom stereocenters. The van der Waals surface area contributed by atoms with Gasteiger partial charge in [-0.3, -0.25) is 0 Å². The van der Waals surface area contributed by atoms with Gasteiger partial charge >= 0.3 is 0 Å². The summed E-state index contributed by atoms with van der Waals surface area (Å²) >= 11 is 0. The number of rotatable bonds is 7. The molecule has 112 valence electrons. The zero-order valence-corrected chi connectivity index (χ0v) is 12.8. The largest absolute Gasteiger partial charge is 0.494 e. The van der Waals surface area contributed by atoms with Gasteiger partial charge in [0.25, 0.3) is 0 Å². The number of benzene rings is 1. The van der Waals surface area contributed by atoms with Gasteiger partial charge in [-0.2, -0.15) is 5.10 Å². The van der Waals surface area contributed by atoms with Crippen molar-refractivity contribution < 1.29 is 4.74 Å². The number of aromatic nitrogens is 2. The molecule has 3 rings (SSSR count). The van der Waals surface area contributed by atoms with E-state index >= 15 is 0 Å². The summed E-state index contributed by atoms with van der Waals surface area (Å²) < 4.78 is 7.60. The first-order valence-electron chi connectivity index (χ1n) is 7.84. The summed E-state index contributed by atoms with van der Waals surface area (Å²) in [7, 11) is 0. The van der Waals surface area contributed by atoms with Crippen LogP contribution in [-0.4, -0.2) is 22.9 Å². The Morgan fingerprint density at radius 2 is 2.00 bits per heavy atom. The van der Waals surface area contributed by atoms with Crippen LogP contribution in [0.1, 0.15) is 43.9 Å². The quantitative estimate of drug-likeness (QED) is 0.848. The zero-order valence-electron chi connectivity index (χ0n) is 12.8. The van der Waals surface area contributed by atoms with Gasteiger partial charge in [0.05, 0.1) is 24.2 Å². The van der Waals surface area contributed by atoms with E-state index in [1.165, 1.54) is 24.1 Å². The second kappa shape index (κ2) is 6.31. The van der Waals surface area contributed by atoms with Crippen molar-refractivity contribution in [2.45, 2.75) is 39.2 Å². The fraction of sp³-hybridized carbons (Fsp3) is 0.471. The van der Waals surface area contributed by atoms with Crippen molar-refractivity contribution in [1.29, 1.82) is 0 Å².